The summed E-state index contributed by atoms with van der Waals surface area (Å²) in [5.74, 6) is -0.161. The Morgan fingerprint density at radius 2 is 1.89 bits per heavy atom. The molecule has 1 spiro atoms. The van der Waals surface area contributed by atoms with Crippen molar-refractivity contribution in [3.05, 3.63) is 23.3 Å². The predicted molar refractivity (Wildman–Crippen MR) is 140 cm³/mol. The van der Waals surface area contributed by atoms with Crippen LogP contribution in [0.5, 0.6) is 0 Å². The van der Waals surface area contributed by atoms with Crippen molar-refractivity contribution in [1.29, 1.82) is 0 Å². The Balaban J connectivity index is 1.40. The number of ketones is 1. The number of hydrogen-bond donors (Lipinski definition) is 2. The second-order valence-corrected chi connectivity index (χ2v) is 13.7. The highest BCUT2D eigenvalue weighted by Gasteiger charge is 2.76. The minimum Gasteiger partial charge on any atom is -0.456 e. The van der Waals surface area contributed by atoms with Crippen molar-refractivity contribution in [2.24, 2.45) is 34.5 Å². The number of halogens is 1. The van der Waals surface area contributed by atoms with Gasteiger partial charge in [0.1, 0.15) is 23.4 Å². The van der Waals surface area contributed by atoms with Crippen molar-refractivity contribution in [1.82, 2.24) is 0 Å². The van der Waals surface area contributed by atoms with Gasteiger partial charge < -0.3 is 24.4 Å². The van der Waals surface area contributed by atoms with Crippen molar-refractivity contribution >= 4 is 23.4 Å². The molecule has 38 heavy (non-hydrogen) atoms. The van der Waals surface area contributed by atoms with E-state index in [9.17, 15) is 19.8 Å². The molecule has 0 aromatic rings. The molecule has 3 saturated carbocycles. The van der Waals surface area contributed by atoms with Crippen LogP contribution >= 0.6 is 11.6 Å². The van der Waals surface area contributed by atoms with E-state index >= 15 is 0 Å². The molecule has 0 aromatic carbocycles. The molecule has 2 N–H and O–H groups in total. The lowest BCUT2D eigenvalue weighted by Crippen LogP contribution is -2.72. The van der Waals surface area contributed by atoms with Crippen LogP contribution in [-0.2, 0) is 23.8 Å². The molecule has 210 valence electrons. The summed E-state index contributed by atoms with van der Waals surface area (Å²) < 4.78 is 19.2. The average Bonchev–Trinajstić information content (AvgIpc) is 3.38. The zero-order valence-electron chi connectivity index (χ0n) is 23.0. The van der Waals surface area contributed by atoms with E-state index in [1.807, 2.05) is 27.7 Å². The highest BCUT2D eigenvalue weighted by atomic mass is 35.5. The first-order valence-corrected chi connectivity index (χ1v) is 14.7. The summed E-state index contributed by atoms with van der Waals surface area (Å²) in [6.07, 6.45) is 5.30. The summed E-state index contributed by atoms with van der Waals surface area (Å²) in [6, 6.07) is 0. The van der Waals surface area contributed by atoms with E-state index in [1.165, 1.54) is 12.2 Å². The molecule has 8 heteroatoms. The maximum absolute atomic E-state index is 13.5. The van der Waals surface area contributed by atoms with E-state index in [-0.39, 0.29) is 40.8 Å². The smallest absolute Gasteiger partial charge is 0.334 e. The van der Waals surface area contributed by atoms with E-state index < -0.39 is 40.5 Å². The summed E-state index contributed by atoms with van der Waals surface area (Å²) in [6.45, 7) is 10.2. The van der Waals surface area contributed by atoms with E-state index in [4.69, 9.17) is 25.8 Å². The van der Waals surface area contributed by atoms with Crippen LogP contribution in [0, 0.1) is 34.5 Å². The monoisotopic (exact) mass is 548 g/mol. The summed E-state index contributed by atoms with van der Waals surface area (Å²) in [7, 11) is 0. The average molecular weight is 549 g/mol. The van der Waals surface area contributed by atoms with Crippen molar-refractivity contribution in [2.45, 2.75) is 108 Å². The maximum atomic E-state index is 13.5. The molecule has 6 aliphatic rings. The van der Waals surface area contributed by atoms with E-state index in [0.29, 0.717) is 31.4 Å². The zero-order chi connectivity index (χ0) is 27.4. The van der Waals surface area contributed by atoms with Crippen LogP contribution in [0.1, 0.15) is 73.1 Å². The van der Waals surface area contributed by atoms with E-state index in [1.54, 1.807) is 0 Å². The molecule has 0 amide bonds. The fourth-order valence-corrected chi connectivity index (χ4v) is 10.6. The minimum atomic E-state index is -1.71. The first-order chi connectivity index (χ1) is 17.9. The van der Waals surface area contributed by atoms with Crippen LogP contribution < -0.4 is 0 Å². The largest absolute Gasteiger partial charge is 0.456 e. The molecule has 12 unspecified atom stereocenters. The van der Waals surface area contributed by atoms with Gasteiger partial charge in [-0.2, -0.15) is 0 Å². The molecule has 7 nitrogen and oxygen atoms in total. The number of allylic oxidation sites excluding steroid dienone is 1. The Kier molecular flexibility index (Phi) is 6.12. The van der Waals surface area contributed by atoms with Gasteiger partial charge >= 0.3 is 5.97 Å². The fourth-order valence-electron chi connectivity index (χ4n) is 10.00. The summed E-state index contributed by atoms with van der Waals surface area (Å²) in [4.78, 5) is 26.2. The van der Waals surface area contributed by atoms with Crippen LogP contribution in [0.25, 0.3) is 0 Å². The summed E-state index contributed by atoms with van der Waals surface area (Å²) in [5.41, 5.74) is -2.15. The third-order valence-electron chi connectivity index (χ3n) is 12.1. The maximum Gasteiger partial charge on any atom is 0.334 e. The Morgan fingerprint density at radius 1 is 1.16 bits per heavy atom. The number of esters is 1. The Hall–Kier alpha value is -1.25. The summed E-state index contributed by atoms with van der Waals surface area (Å²) in [5, 5.41) is 21.9. The topological polar surface area (TPSA) is 102 Å². The van der Waals surface area contributed by atoms with E-state index in [2.05, 4.69) is 6.92 Å². The molecule has 1 saturated heterocycles. The molecule has 4 fully saturated rings. The van der Waals surface area contributed by atoms with Gasteiger partial charge in [-0.25, -0.2) is 4.79 Å². The summed E-state index contributed by atoms with van der Waals surface area (Å²) >= 11 is 6.93. The first-order valence-electron chi connectivity index (χ1n) is 14.3. The molecular formula is C30H41ClO7. The SMILES string of the molecule is CCOC1OC(C)(C2CC(C)=C(C)C(=O)O2)C2CCC3C4CC(Cl)C5(O)C(O)C=CC(=O)C5(C)C4CCC132. The van der Waals surface area contributed by atoms with Crippen LogP contribution in [0.15, 0.2) is 23.3 Å². The number of aliphatic hydroxyl groups excluding tert-OH is 1. The first kappa shape index (κ1) is 26.9. The van der Waals surface area contributed by atoms with Gasteiger partial charge in [-0.15, -0.1) is 11.6 Å². The lowest BCUT2D eigenvalue weighted by atomic mass is 9.42. The highest BCUT2D eigenvalue weighted by Crippen LogP contribution is 2.73. The number of carbonyl (C=O) groups is 2. The van der Waals surface area contributed by atoms with Crippen LogP contribution in [0.3, 0.4) is 0 Å². The number of ether oxygens (including phenoxy) is 3. The molecule has 0 bridgehead atoms. The lowest BCUT2D eigenvalue weighted by molar-refractivity contribution is -0.248. The molecule has 6 rings (SSSR count). The van der Waals surface area contributed by atoms with Gasteiger partial charge in [-0.3, -0.25) is 4.79 Å². The van der Waals surface area contributed by atoms with Gasteiger partial charge in [0.15, 0.2) is 12.1 Å². The number of aliphatic hydroxyl groups is 2. The lowest BCUT2D eigenvalue weighted by Gasteiger charge is -2.63. The second kappa shape index (κ2) is 8.62. The van der Waals surface area contributed by atoms with Crippen molar-refractivity contribution < 1.29 is 34.0 Å². The van der Waals surface area contributed by atoms with Crippen LogP contribution in [0.4, 0.5) is 0 Å². The second-order valence-electron chi connectivity index (χ2n) is 13.1. The Morgan fingerprint density at radius 3 is 2.58 bits per heavy atom. The zero-order valence-corrected chi connectivity index (χ0v) is 23.8. The molecule has 12 atom stereocenters. The molecule has 2 heterocycles. The number of carbonyl (C=O) groups excluding carboxylic acids is 2. The van der Waals surface area contributed by atoms with Crippen molar-refractivity contribution in [3.63, 3.8) is 0 Å². The molecule has 4 aliphatic carbocycles. The molecule has 2 aliphatic heterocycles. The number of rotatable bonds is 3. The van der Waals surface area contributed by atoms with Gasteiger partial charge in [0.25, 0.3) is 0 Å². The van der Waals surface area contributed by atoms with Crippen molar-refractivity contribution in [2.75, 3.05) is 6.61 Å². The van der Waals surface area contributed by atoms with Crippen LogP contribution in [0.2, 0.25) is 0 Å². The highest BCUT2D eigenvalue weighted by molar-refractivity contribution is 6.22. The Labute approximate surface area is 229 Å². The quantitative estimate of drug-likeness (QED) is 0.405. The minimum absolute atomic E-state index is 0.0795. The molecular weight excluding hydrogens is 508 g/mol. The van der Waals surface area contributed by atoms with Gasteiger partial charge in [0, 0.05) is 29.9 Å². The number of cyclic esters (lactones) is 1. The van der Waals surface area contributed by atoms with Crippen LogP contribution in [-0.4, -0.2) is 63.6 Å². The number of alkyl halides is 1. The number of fused-ring (bicyclic) bond motifs is 4. The molecule has 0 aromatic heterocycles. The van der Waals surface area contributed by atoms with Crippen molar-refractivity contribution in [3.8, 4) is 0 Å². The third-order valence-corrected chi connectivity index (χ3v) is 12.6. The van der Waals surface area contributed by atoms with Gasteiger partial charge in [-0.1, -0.05) is 5.57 Å². The molecule has 0 radical (unpaired) electrons. The Bertz CT molecular complexity index is 1120. The third kappa shape index (κ3) is 3.06. The van der Waals surface area contributed by atoms with Gasteiger partial charge in [-0.05, 0) is 96.6 Å². The number of hydrogen-bond acceptors (Lipinski definition) is 7. The van der Waals surface area contributed by atoms with Gasteiger partial charge in [0.2, 0.25) is 0 Å². The normalized spacial score (nSPS) is 53.8. The van der Waals surface area contributed by atoms with E-state index in [0.717, 1.165) is 24.8 Å². The predicted octanol–water partition coefficient (Wildman–Crippen LogP) is 4.08. The standard InChI is InChI=1S/C30H41ClO7/c1-6-36-26-29-12-11-18-17(14-21(31)30(35)23(33)10-9-22(32)27(18,30)4)19(29)7-8-20(29)28(5,38-26)24-13-15(2)16(3)25(34)37-24/h9-10,17-21,23-24,26,33,35H,6-8,11-14H2,1-5H3. The van der Waals surface area contributed by atoms with Gasteiger partial charge in [0.05, 0.1) is 10.8 Å². The fraction of sp³-hybridized carbons (Fsp3) is 0.800.